The van der Waals surface area contributed by atoms with Crippen LogP contribution in [0.25, 0.3) is 21.9 Å². The van der Waals surface area contributed by atoms with E-state index in [4.69, 9.17) is 0 Å². The first kappa shape index (κ1) is 25.4. The molecule has 0 aliphatic rings. The molecule has 2 nitrogen and oxygen atoms in total. The number of hydrogen-bond donors (Lipinski definition) is 0. The van der Waals surface area contributed by atoms with Crippen LogP contribution in [0.3, 0.4) is 0 Å². The maximum absolute atomic E-state index is 2.35. The van der Waals surface area contributed by atoms with Gasteiger partial charge in [0.2, 0.25) is 0 Å². The maximum Gasteiger partial charge on any atom is 0.0540 e. The first-order valence-electron chi connectivity index (χ1n) is 14.3. The number of para-hydroxylation sites is 4. The van der Waals surface area contributed by atoms with Crippen molar-refractivity contribution in [2.24, 2.45) is 0 Å². The largest absolute Gasteiger partial charge is 0.310 e. The molecule has 0 bridgehead atoms. The SMILES string of the molecule is c1ccc(N(c2ccccc2)c2ccccc2-c2ccc(N(c3ccccc3)c3cccc4ccccc34)cc2)cc1. The Kier molecular flexibility index (Phi) is 6.94. The number of hydrogen-bond acceptors (Lipinski definition) is 2. The van der Waals surface area contributed by atoms with Gasteiger partial charge in [0.15, 0.2) is 0 Å². The maximum atomic E-state index is 2.35. The monoisotopic (exact) mass is 538 g/mol. The Balaban J connectivity index is 1.34. The van der Waals surface area contributed by atoms with Crippen molar-refractivity contribution in [1.29, 1.82) is 0 Å². The van der Waals surface area contributed by atoms with E-state index in [1.165, 1.54) is 16.3 Å². The second kappa shape index (κ2) is 11.5. The Morgan fingerprint density at radius 2 is 0.714 bits per heavy atom. The molecule has 7 aromatic carbocycles. The van der Waals surface area contributed by atoms with Crippen LogP contribution in [0.2, 0.25) is 0 Å². The molecular formula is C40H30N2. The fourth-order valence-corrected chi connectivity index (χ4v) is 5.69. The standard InChI is InChI=1S/C40H30N2/c1-4-17-33(18-5-1)41(34-19-6-2-7-20-34)39-25-13-12-24-38(39)32-27-29-36(30-28-32)42(35-21-8-3-9-22-35)40-26-14-16-31-15-10-11-23-37(31)40/h1-30H. The smallest absolute Gasteiger partial charge is 0.0540 e. The van der Waals surface area contributed by atoms with Crippen molar-refractivity contribution in [3.8, 4) is 11.1 Å². The minimum absolute atomic E-state index is 1.11. The van der Waals surface area contributed by atoms with Gasteiger partial charge in [-0.05, 0) is 71.6 Å². The summed E-state index contributed by atoms with van der Waals surface area (Å²) in [5.74, 6) is 0. The van der Waals surface area contributed by atoms with Gasteiger partial charge in [-0.2, -0.15) is 0 Å². The molecule has 7 rings (SSSR count). The summed E-state index contributed by atoms with van der Waals surface area (Å²) in [5, 5.41) is 2.45. The van der Waals surface area contributed by atoms with Crippen LogP contribution in [0, 0.1) is 0 Å². The molecule has 42 heavy (non-hydrogen) atoms. The van der Waals surface area contributed by atoms with Crippen LogP contribution < -0.4 is 9.80 Å². The van der Waals surface area contributed by atoms with E-state index in [0.29, 0.717) is 0 Å². The summed E-state index contributed by atoms with van der Waals surface area (Å²) < 4.78 is 0. The van der Waals surface area contributed by atoms with Gasteiger partial charge in [-0.25, -0.2) is 0 Å². The summed E-state index contributed by atoms with van der Waals surface area (Å²) in [6, 6.07) is 64.4. The Bertz CT molecular complexity index is 1870. The number of nitrogens with zero attached hydrogens (tertiary/aromatic N) is 2. The number of anilines is 6. The minimum Gasteiger partial charge on any atom is -0.310 e. The van der Waals surface area contributed by atoms with E-state index >= 15 is 0 Å². The zero-order valence-corrected chi connectivity index (χ0v) is 23.2. The lowest BCUT2D eigenvalue weighted by Crippen LogP contribution is -2.11. The zero-order chi connectivity index (χ0) is 28.1. The fourth-order valence-electron chi connectivity index (χ4n) is 5.69. The zero-order valence-electron chi connectivity index (χ0n) is 23.2. The first-order chi connectivity index (χ1) is 20.9. The van der Waals surface area contributed by atoms with E-state index in [1.807, 2.05) is 0 Å². The van der Waals surface area contributed by atoms with Crippen molar-refractivity contribution >= 4 is 44.9 Å². The van der Waals surface area contributed by atoms with Crippen molar-refractivity contribution in [3.63, 3.8) is 0 Å². The fraction of sp³-hybridized carbons (Fsp3) is 0. The average molecular weight is 539 g/mol. The molecule has 0 spiro atoms. The molecule has 0 atom stereocenters. The lowest BCUT2D eigenvalue weighted by Gasteiger charge is -2.28. The normalized spacial score (nSPS) is 10.9. The van der Waals surface area contributed by atoms with Gasteiger partial charge >= 0.3 is 0 Å². The van der Waals surface area contributed by atoms with Gasteiger partial charge in [-0.15, -0.1) is 0 Å². The molecule has 2 heteroatoms. The van der Waals surface area contributed by atoms with E-state index in [9.17, 15) is 0 Å². The highest BCUT2D eigenvalue weighted by molar-refractivity contribution is 5.99. The highest BCUT2D eigenvalue weighted by Gasteiger charge is 2.18. The Labute approximate surface area is 247 Å². The summed E-state index contributed by atoms with van der Waals surface area (Å²) >= 11 is 0. The van der Waals surface area contributed by atoms with Gasteiger partial charge in [0.1, 0.15) is 0 Å². The van der Waals surface area contributed by atoms with Crippen molar-refractivity contribution in [2.75, 3.05) is 9.80 Å². The second-order valence-corrected chi connectivity index (χ2v) is 10.2. The van der Waals surface area contributed by atoms with Crippen molar-refractivity contribution in [3.05, 3.63) is 182 Å². The molecule has 0 N–H and O–H groups in total. The molecule has 0 heterocycles. The molecule has 0 radical (unpaired) electrons. The van der Waals surface area contributed by atoms with Crippen LogP contribution in [-0.2, 0) is 0 Å². The molecular weight excluding hydrogens is 508 g/mol. The molecule has 0 saturated carbocycles. The first-order valence-corrected chi connectivity index (χ1v) is 14.3. The summed E-state index contributed by atoms with van der Waals surface area (Å²) in [7, 11) is 0. The van der Waals surface area contributed by atoms with E-state index in [-0.39, 0.29) is 0 Å². The summed E-state index contributed by atoms with van der Waals surface area (Å²) in [6.07, 6.45) is 0. The Morgan fingerprint density at radius 1 is 0.286 bits per heavy atom. The van der Waals surface area contributed by atoms with Gasteiger partial charge in [-0.1, -0.05) is 121 Å². The quantitative estimate of drug-likeness (QED) is 0.199. The number of fused-ring (bicyclic) bond motifs is 1. The molecule has 0 aromatic heterocycles. The third-order valence-electron chi connectivity index (χ3n) is 7.63. The third kappa shape index (κ3) is 4.91. The predicted molar refractivity (Wildman–Crippen MR) is 179 cm³/mol. The molecule has 0 aliphatic heterocycles. The van der Waals surface area contributed by atoms with Crippen molar-refractivity contribution in [1.82, 2.24) is 0 Å². The molecule has 0 amide bonds. The van der Waals surface area contributed by atoms with Crippen molar-refractivity contribution < 1.29 is 0 Å². The number of benzene rings is 7. The van der Waals surface area contributed by atoms with Crippen molar-refractivity contribution in [2.45, 2.75) is 0 Å². The van der Waals surface area contributed by atoms with E-state index in [0.717, 1.165) is 39.7 Å². The van der Waals surface area contributed by atoms with Gasteiger partial charge in [0, 0.05) is 33.7 Å². The summed E-state index contributed by atoms with van der Waals surface area (Å²) in [4.78, 5) is 4.67. The average Bonchev–Trinajstić information content (AvgIpc) is 3.07. The van der Waals surface area contributed by atoms with E-state index < -0.39 is 0 Å². The summed E-state index contributed by atoms with van der Waals surface area (Å²) in [6.45, 7) is 0. The molecule has 200 valence electrons. The second-order valence-electron chi connectivity index (χ2n) is 10.2. The van der Waals surface area contributed by atoms with Crippen LogP contribution in [-0.4, -0.2) is 0 Å². The van der Waals surface area contributed by atoms with Crippen LogP contribution in [0.15, 0.2) is 182 Å². The van der Waals surface area contributed by atoms with Gasteiger partial charge < -0.3 is 9.80 Å². The minimum atomic E-state index is 1.11. The number of rotatable bonds is 7. The van der Waals surface area contributed by atoms with Gasteiger partial charge in [-0.3, -0.25) is 0 Å². The van der Waals surface area contributed by atoms with Gasteiger partial charge in [0.25, 0.3) is 0 Å². The van der Waals surface area contributed by atoms with Crippen LogP contribution in [0.5, 0.6) is 0 Å². The van der Waals surface area contributed by atoms with Gasteiger partial charge in [0.05, 0.1) is 11.4 Å². The topological polar surface area (TPSA) is 6.48 Å². The lowest BCUT2D eigenvalue weighted by atomic mass is 10.0. The molecule has 0 unspecified atom stereocenters. The van der Waals surface area contributed by atoms with E-state index in [1.54, 1.807) is 0 Å². The molecule has 0 fully saturated rings. The molecule has 7 aromatic rings. The lowest BCUT2D eigenvalue weighted by molar-refractivity contribution is 1.28. The third-order valence-corrected chi connectivity index (χ3v) is 7.63. The van der Waals surface area contributed by atoms with E-state index in [2.05, 4.69) is 192 Å². The van der Waals surface area contributed by atoms with Crippen LogP contribution in [0.4, 0.5) is 34.1 Å². The molecule has 0 aliphatic carbocycles. The highest BCUT2D eigenvalue weighted by Crippen LogP contribution is 2.42. The highest BCUT2D eigenvalue weighted by atomic mass is 15.1. The predicted octanol–water partition coefficient (Wildman–Crippen LogP) is 11.4. The van der Waals surface area contributed by atoms with Crippen LogP contribution in [0.1, 0.15) is 0 Å². The molecule has 0 saturated heterocycles. The summed E-state index contributed by atoms with van der Waals surface area (Å²) in [5.41, 5.74) is 9.12. The van der Waals surface area contributed by atoms with Crippen LogP contribution >= 0.6 is 0 Å². The Morgan fingerprint density at radius 3 is 1.33 bits per heavy atom. The Hall–Kier alpha value is -5.60.